The number of ether oxygens (including phenoxy) is 1. The second kappa shape index (κ2) is 4.99. The predicted molar refractivity (Wildman–Crippen MR) is 67.9 cm³/mol. The second-order valence-electron chi connectivity index (χ2n) is 4.65. The van der Waals surface area contributed by atoms with E-state index in [-0.39, 0.29) is 11.5 Å². The number of hydrogen-bond acceptors (Lipinski definition) is 4. The van der Waals surface area contributed by atoms with Gasteiger partial charge in [-0.15, -0.1) is 0 Å². The van der Waals surface area contributed by atoms with E-state index in [1.165, 1.54) is 0 Å². The zero-order valence-corrected chi connectivity index (χ0v) is 10.8. The Kier molecular flexibility index (Phi) is 3.58. The van der Waals surface area contributed by atoms with E-state index in [1.54, 1.807) is 0 Å². The number of para-hydroxylation sites is 1. The van der Waals surface area contributed by atoms with Gasteiger partial charge in [0.1, 0.15) is 5.75 Å². The molecule has 5 heteroatoms. The monoisotopic (exact) mass is 265 g/mol. The van der Waals surface area contributed by atoms with E-state index >= 15 is 0 Å². The highest BCUT2D eigenvalue weighted by atomic mass is 32.2. The molecule has 1 fully saturated rings. The molecule has 1 atom stereocenters. The molecule has 0 spiro atoms. The molecule has 0 amide bonds. The van der Waals surface area contributed by atoms with Crippen molar-refractivity contribution in [2.45, 2.75) is 12.8 Å². The maximum atomic E-state index is 11.4. The van der Waals surface area contributed by atoms with Gasteiger partial charge in [0.15, 0.2) is 9.84 Å². The van der Waals surface area contributed by atoms with E-state index in [0.717, 1.165) is 5.75 Å². The predicted octanol–water partition coefficient (Wildman–Crippen LogP) is 1.78. The molecule has 4 nitrogen and oxygen atoms in total. The molecule has 1 unspecified atom stereocenters. The lowest BCUT2D eigenvalue weighted by molar-refractivity contribution is 0.257. The van der Waals surface area contributed by atoms with Gasteiger partial charge in [-0.05, 0) is 18.6 Å². The third-order valence-corrected chi connectivity index (χ3v) is 5.04. The lowest BCUT2D eigenvalue weighted by Gasteiger charge is -2.18. The average Bonchev–Trinajstić information content (AvgIpc) is 2.67. The fraction of sp³-hybridized carbons (Fsp3) is 0.462. The third-order valence-electron chi connectivity index (χ3n) is 3.22. The van der Waals surface area contributed by atoms with Crippen molar-refractivity contribution in [2.24, 2.45) is 5.41 Å². The lowest BCUT2D eigenvalue weighted by atomic mass is 9.86. The van der Waals surface area contributed by atoms with E-state index in [9.17, 15) is 13.7 Å². The van der Waals surface area contributed by atoms with Crippen molar-refractivity contribution in [2.75, 3.05) is 18.1 Å². The molecule has 1 aromatic carbocycles. The van der Waals surface area contributed by atoms with Gasteiger partial charge in [-0.1, -0.05) is 18.2 Å². The van der Waals surface area contributed by atoms with Crippen LogP contribution in [-0.4, -0.2) is 26.5 Å². The molecule has 0 saturated carbocycles. The van der Waals surface area contributed by atoms with E-state index < -0.39 is 15.3 Å². The first-order chi connectivity index (χ1) is 8.55. The van der Waals surface area contributed by atoms with Crippen LogP contribution in [0.4, 0.5) is 0 Å². The topological polar surface area (TPSA) is 67.2 Å². The number of hydrogen-bond donors (Lipinski definition) is 0. The van der Waals surface area contributed by atoms with Crippen LogP contribution in [-0.2, 0) is 9.84 Å². The largest absolute Gasteiger partial charge is 0.494 e. The Morgan fingerprint density at radius 3 is 2.61 bits per heavy atom. The summed E-state index contributed by atoms with van der Waals surface area (Å²) in [5, 5.41) is 9.18. The zero-order valence-electron chi connectivity index (χ0n) is 10.0. The maximum Gasteiger partial charge on any atom is 0.151 e. The van der Waals surface area contributed by atoms with Gasteiger partial charge in [0.05, 0.1) is 29.6 Å². The summed E-state index contributed by atoms with van der Waals surface area (Å²) in [6.45, 7) is 0.368. The maximum absolute atomic E-state index is 11.4. The molecule has 1 aliphatic heterocycles. The molecule has 1 aromatic rings. The second-order valence-corrected chi connectivity index (χ2v) is 6.83. The van der Waals surface area contributed by atoms with Crippen LogP contribution in [0.3, 0.4) is 0 Å². The fourth-order valence-electron chi connectivity index (χ4n) is 2.14. The van der Waals surface area contributed by atoms with Gasteiger partial charge in [0, 0.05) is 6.42 Å². The Bertz CT molecular complexity index is 547. The van der Waals surface area contributed by atoms with Gasteiger partial charge in [0.2, 0.25) is 0 Å². The standard InChI is InChI=1S/C13H15NO3S/c14-10-13(7-9-18(15,16)11-13)6-8-17-12-4-2-1-3-5-12/h1-5H,6-9,11H2. The van der Waals surface area contributed by atoms with Gasteiger partial charge in [-0.2, -0.15) is 5.26 Å². The molecule has 0 radical (unpaired) electrons. The van der Waals surface area contributed by atoms with Crippen LogP contribution >= 0.6 is 0 Å². The van der Waals surface area contributed by atoms with Crippen LogP contribution in [0.5, 0.6) is 5.75 Å². The summed E-state index contributed by atoms with van der Waals surface area (Å²) in [4.78, 5) is 0. The first kappa shape index (κ1) is 12.9. The number of benzene rings is 1. The van der Waals surface area contributed by atoms with Crippen molar-refractivity contribution >= 4 is 9.84 Å². The first-order valence-electron chi connectivity index (χ1n) is 5.85. The summed E-state index contributed by atoms with van der Waals surface area (Å²) < 4.78 is 28.4. The van der Waals surface area contributed by atoms with Crippen LogP contribution in [0.1, 0.15) is 12.8 Å². The molecular weight excluding hydrogens is 250 g/mol. The summed E-state index contributed by atoms with van der Waals surface area (Å²) in [7, 11) is -3.04. The van der Waals surface area contributed by atoms with E-state index in [4.69, 9.17) is 4.74 Å². The van der Waals surface area contributed by atoms with Crippen LogP contribution in [0, 0.1) is 16.7 Å². The molecule has 0 bridgehead atoms. The Morgan fingerprint density at radius 2 is 2.06 bits per heavy atom. The van der Waals surface area contributed by atoms with Crippen molar-refractivity contribution in [1.82, 2.24) is 0 Å². The van der Waals surface area contributed by atoms with Gasteiger partial charge in [0.25, 0.3) is 0 Å². The van der Waals surface area contributed by atoms with E-state index in [1.807, 2.05) is 30.3 Å². The van der Waals surface area contributed by atoms with Crippen molar-refractivity contribution in [3.05, 3.63) is 30.3 Å². The summed E-state index contributed by atoms with van der Waals surface area (Å²) in [5.41, 5.74) is -0.756. The molecular formula is C13H15NO3S. The quantitative estimate of drug-likeness (QED) is 0.832. The highest BCUT2D eigenvalue weighted by Gasteiger charge is 2.42. The van der Waals surface area contributed by atoms with Crippen molar-refractivity contribution in [3.63, 3.8) is 0 Å². The summed E-state index contributed by atoms with van der Waals surface area (Å²) in [6.07, 6.45) is 0.877. The first-order valence-corrected chi connectivity index (χ1v) is 7.67. The summed E-state index contributed by atoms with van der Waals surface area (Å²) >= 11 is 0. The van der Waals surface area contributed by atoms with Crippen LogP contribution in [0.15, 0.2) is 30.3 Å². The van der Waals surface area contributed by atoms with Crippen LogP contribution < -0.4 is 4.74 Å². The zero-order chi connectivity index (χ0) is 13.1. The van der Waals surface area contributed by atoms with Crippen molar-refractivity contribution in [3.8, 4) is 11.8 Å². The Balaban J connectivity index is 1.92. The van der Waals surface area contributed by atoms with Crippen LogP contribution in [0.2, 0.25) is 0 Å². The highest BCUT2D eigenvalue weighted by molar-refractivity contribution is 7.91. The smallest absolute Gasteiger partial charge is 0.151 e. The minimum Gasteiger partial charge on any atom is -0.494 e. The van der Waals surface area contributed by atoms with Gasteiger partial charge < -0.3 is 4.74 Å². The summed E-state index contributed by atoms with van der Waals surface area (Å²) in [6, 6.07) is 11.5. The molecule has 1 saturated heterocycles. The molecule has 96 valence electrons. The number of sulfone groups is 1. The molecule has 1 aliphatic rings. The summed E-state index contributed by atoms with van der Waals surface area (Å²) in [5.74, 6) is 0.826. The number of nitrogens with zero attached hydrogens (tertiary/aromatic N) is 1. The molecule has 0 N–H and O–H groups in total. The Hall–Kier alpha value is -1.54. The van der Waals surface area contributed by atoms with Gasteiger partial charge in [-0.25, -0.2) is 8.42 Å². The van der Waals surface area contributed by atoms with Crippen molar-refractivity contribution < 1.29 is 13.2 Å². The molecule has 0 aromatic heterocycles. The SMILES string of the molecule is N#CC1(CCOc2ccccc2)CCS(=O)(=O)C1. The third kappa shape index (κ3) is 3.02. The molecule has 18 heavy (non-hydrogen) atoms. The Morgan fingerprint density at radius 1 is 1.33 bits per heavy atom. The van der Waals surface area contributed by atoms with Gasteiger partial charge in [-0.3, -0.25) is 0 Å². The Labute approximate surface area is 107 Å². The lowest BCUT2D eigenvalue weighted by Crippen LogP contribution is -2.23. The minimum absolute atomic E-state index is 0.0331. The average molecular weight is 265 g/mol. The minimum atomic E-state index is -3.04. The molecule has 0 aliphatic carbocycles. The molecule has 2 rings (SSSR count). The van der Waals surface area contributed by atoms with Crippen molar-refractivity contribution in [1.29, 1.82) is 5.26 Å². The fourth-order valence-corrected chi connectivity index (χ4v) is 4.18. The highest BCUT2D eigenvalue weighted by Crippen LogP contribution is 2.35. The number of rotatable bonds is 4. The normalized spacial score (nSPS) is 25.5. The van der Waals surface area contributed by atoms with Gasteiger partial charge >= 0.3 is 0 Å². The van der Waals surface area contributed by atoms with E-state index in [0.29, 0.717) is 19.4 Å². The van der Waals surface area contributed by atoms with E-state index in [2.05, 4.69) is 6.07 Å². The molecule has 1 heterocycles. The van der Waals surface area contributed by atoms with Crippen LogP contribution in [0.25, 0.3) is 0 Å². The number of nitriles is 1.